The number of anilines is 1. The van der Waals surface area contributed by atoms with E-state index in [-0.39, 0.29) is 5.82 Å². The fraction of sp³-hybridized carbons (Fsp3) is 0.267. The van der Waals surface area contributed by atoms with Crippen LogP contribution in [0, 0.1) is 12.7 Å². The first-order valence-corrected chi connectivity index (χ1v) is 6.12. The maximum atomic E-state index is 13.0. The van der Waals surface area contributed by atoms with Gasteiger partial charge in [-0.1, -0.05) is 13.0 Å². The monoisotopic (exact) mass is 244 g/mol. The fourth-order valence-electron chi connectivity index (χ4n) is 1.92. The Hall–Kier alpha value is -1.90. The molecule has 1 aromatic carbocycles. The summed E-state index contributed by atoms with van der Waals surface area (Å²) in [6, 6.07) is 7.78. The van der Waals surface area contributed by atoms with Crippen molar-refractivity contribution in [3.05, 3.63) is 59.2 Å². The second kappa shape index (κ2) is 5.63. The van der Waals surface area contributed by atoms with Crippen molar-refractivity contribution in [1.82, 2.24) is 4.98 Å². The Labute approximate surface area is 107 Å². The number of nitrogens with zero attached hydrogens (tertiary/aromatic N) is 1. The zero-order valence-electron chi connectivity index (χ0n) is 10.7. The summed E-state index contributed by atoms with van der Waals surface area (Å²) in [5, 5.41) is 3.28. The quantitative estimate of drug-likeness (QED) is 0.887. The minimum Gasteiger partial charge on any atom is -0.381 e. The van der Waals surface area contributed by atoms with Gasteiger partial charge < -0.3 is 5.32 Å². The number of aryl methyl sites for hydroxylation is 2. The van der Waals surface area contributed by atoms with Crippen molar-refractivity contribution < 1.29 is 4.39 Å². The van der Waals surface area contributed by atoms with Crippen LogP contribution in [0.3, 0.4) is 0 Å². The molecule has 0 bridgehead atoms. The summed E-state index contributed by atoms with van der Waals surface area (Å²) in [4.78, 5) is 3.83. The number of rotatable bonds is 4. The lowest BCUT2D eigenvalue weighted by Gasteiger charge is -2.09. The van der Waals surface area contributed by atoms with Crippen molar-refractivity contribution >= 4 is 5.69 Å². The normalized spacial score (nSPS) is 10.4. The molecule has 2 aromatic rings. The van der Waals surface area contributed by atoms with E-state index in [2.05, 4.69) is 36.3 Å². The third-order valence-electron chi connectivity index (χ3n) is 2.99. The number of benzene rings is 1. The summed E-state index contributed by atoms with van der Waals surface area (Å²) in [6.07, 6.45) is 3.90. The Morgan fingerprint density at radius 1 is 1.22 bits per heavy atom. The van der Waals surface area contributed by atoms with Crippen LogP contribution in [0.25, 0.3) is 0 Å². The Kier molecular flexibility index (Phi) is 3.92. The minimum atomic E-state index is -0.299. The van der Waals surface area contributed by atoms with Crippen LogP contribution in [0.2, 0.25) is 0 Å². The second-order valence-corrected chi connectivity index (χ2v) is 4.36. The van der Waals surface area contributed by atoms with Crippen molar-refractivity contribution in [2.75, 3.05) is 5.32 Å². The molecule has 2 nitrogen and oxygen atoms in total. The molecule has 0 radical (unpaired) electrons. The highest BCUT2D eigenvalue weighted by Crippen LogP contribution is 2.16. The molecule has 1 heterocycles. The van der Waals surface area contributed by atoms with E-state index >= 15 is 0 Å². The number of halogens is 1. The summed E-state index contributed by atoms with van der Waals surface area (Å²) < 4.78 is 13.0. The number of hydrogen-bond donors (Lipinski definition) is 1. The van der Waals surface area contributed by atoms with E-state index in [0.717, 1.165) is 17.7 Å². The average molecular weight is 244 g/mol. The van der Waals surface area contributed by atoms with E-state index in [1.165, 1.54) is 23.4 Å². The smallest absolute Gasteiger partial charge is 0.141 e. The van der Waals surface area contributed by atoms with Crippen molar-refractivity contribution in [2.24, 2.45) is 0 Å². The zero-order chi connectivity index (χ0) is 13.0. The van der Waals surface area contributed by atoms with Gasteiger partial charge in [-0.15, -0.1) is 0 Å². The third kappa shape index (κ3) is 3.06. The molecule has 0 atom stereocenters. The van der Waals surface area contributed by atoms with Crippen LogP contribution >= 0.6 is 0 Å². The Morgan fingerprint density at radius 2 is 2.06 bits per heavy atom. The van der Waals surface area contributed by atoms with Crippen molar-refractivity contribution in [3.8, 4) is 0 Å². The van der Waals surface area contributed by atoms with E-state index < -0.39 is 0 Å². The van der Waals surface area contributed by atoms with Gasteiger partial charge in [-0.25, -0.2) is 4.39 Å². The molecule has 0 fully saturated rings. The van der Waals surface area contributed by atoms with Crippen LogP contribution in [0.15, 0.2) is 36.7 Å². The summed E-state index contributed by atoms with van der Waals surface area (Å²) >= 11 is 0. The Bertz CT molecular complexity index is 538. The molecule has 0 aliphatic heterocycles. The molecule has 0 saturated carbocycles. The van der Waals surface area contributed by atoms with E-state index in [9.17, 15) is 4.39 Å². The maximum absolute atomic E-state index is 13.0. The van der Waals surface area contributed by atoms with Crippen molar-refractivity contribution in [1.29, 1.82) is 0 Å². The van der Waals surface area contributed by atoms with E-state index in [0.29, 0.717) is 6.54 Å². The Morgan fingerprint density at radius 3 is 2.78 bits per heavy atom. The average Bonchev–Trinajstić information content (AvgIpc) is 2.38. The van der Waals surface area contributed by atoms with Crippen LogP contribution in [0.1, 0.15) is 23.6 Å². The van der Waals surface area contributed by atoms with Crippen LogP contribution in [0.4, 0.5) is 10.1 Å². The third-order valence-corrected chi connectivity index (χ3v) is 2.99. The molecule has 0 spiro atoms. The molecule has 18 heavy (non-hydrogen) atoms. The molecule has 1 aromatic heterocycles. The van der Waals surface area contributed by atoms with Gasteiger partial charge in [0.1, 0.15) is 5.82 Å². The molecule has 0 aliphatic carbocycles. The van der Waals surface area contributed by atoms with Crippen molar-refractivity contribution in [3.63, 3.8) is 0 Å². The highest BCUT2D eigenvalue weighted by molar-refractivity contribution is 5.48. The summed E-state index contributed by atoms with van der Waals surface area (Å²) in [6.45, 7) is 4.83. The standard InChI is InChI=1S/C15H17FN2/c1-3-13-7-15(5-4-11(13)2)18-9-12-6-14(16)10-17-8-12/h4-8,10,18H,3,9H2,1-2H3. The molecule has 2 rings (SSSR count). The first-order valence-electron chi connectivity index (χ1n) is 6.12. The molecule has 0 unspecified atom stereocenters. The summed E-state index contributed by atoms with van der Waals surface area (Å²) in [7, 11) is 0. The van der Waals surface area contributed by atoms with Gasteiger partial charge in [0.15, 0.2) is 0 Å². The number of aromatic nitrogens is 1. The molecular weight excluding hydrogens is 227 g/mol. The zero-order valence-corrected chi connectivity index (χ0v) is 10.7. The molecule has 3 heteroatoms. The van der Waals surface area contributed by atoms with Gasteiger partial charge in [-0.3, -0.25) is 4.98 Å². The lowest BCUT2D eigenvalue weighted by atomic mass is 10.1. The van der Waals surface area contributed by atoms with Gasteiger partial charge >= 0.3 is 0 Å². The minimum absolute atomic E-state index is 0.299. The predicted octanol–water partition coefficient (Wildman–Crippen LogP) is 3.70. The SMILES string of the molecule is CCc1cc(NCc2cncc(F)c2)ccc1C. The maximum Gasteiger partial charge on any atom is 0.141 e. The van der Waals surface area contributed by atoms with E-state index in [1.54, 1.807) is 6.20 Å². The topological polar surface area (TPSA) is 24.9 Å². The van der Waals surface area contributed by atoms with Crippen LogP contribution < -0.4 is 5.32 Å². The molecular formula is C15H17FN2. The Balaban J connectivity index is 2.06. The molecule has 94 valence electrons. The highest BCUT2D eigenvalue weighted by atomic mass is 19.1. The largest absolute Gasteiger partial charge is 0.381 e. The number of hydrogen-bond acceptors (Lipinski definition) is 2. The molecule has 0 saturated heterocycles. The predicted molar refractivity (Wildman–Crippen MR) is 72.1 cm³/mol. The van der Waals surface area contributed by atoms with Crippen LogP contribution in [0.5, 0.6) is 0 Å². The van der Waals surface area contributed by atoms with Gasteiger partial charge in [0, 0.05) is 18.4 Å². The van der Waals surface area contributed by atoms with Gasteiger partial charge in [0.2, 0.25) is 0 Å². The highest BCUT2D eigenvalue weighted by Gasteiger charge is 2.00. The first kappa shape index (κ1) is 12.6. The lowest BCUT2D eigenvalue weighted by molar-refractivity contribution is 0.619. The second-order valence-electron chi connectivity index (χ2n) is 4.36. The van der Waals surface area contributed by atoms with Gasteiger partial charge in [-0.05, 0) is 48.2 Å². The van der Waals surface area contributed by atoms with Gasteiger partial charge in [0.25, 0.3) is 0 Å². The summed E-state index contributed by atoms with van der Waals surface area (Å²) in [5.41, 5.74) is 4.53. The van der Waals surface area contributed by atoms with E-state index in [1.807, 2.05) is 6.07 Å². The summed E-state index contributed by atoms with van der Waals surface area (Å²) in [5.74, 6) is -0.299. The lowest BCUT2D eigenvalue weighted by Crippen LogP contribution is -2.01. The molecule has 1 N–H and O–H groups in total. The molecule has 0 aliphatic rings. The molecule has 0 amide bonds. The van der Waals surface area contributed by atoms with E-state index in [4.69, 9.17) is 0 Å². The van der Waals surface area contributed by atoms with Crippen molar-refractivity contribution in [2.45, 2.75) is 26.8 Å². The van der Waals surface area contributed by atoms with Crippen LogP contribution in [-0.2, 0) is 13.0 Å². The van der Waals surface area contributed by atoms with Gasteiger partial charge in [0.05, 0.1) is 6.20 Å². The van der Waals surface area contributed by atoms with Gasteiger partial charge in [-0.2, -0.15) is 0 Å². The number of nitrogens with one attached hydrogen (secondary N) is 1. The number of pyridine rings is 1. The fourth-order valence-corrected chi connectivity index (χ4v) is 1.92. The first-order chi connectivity index (χ1) is 8.69. The van der Waals surface area contributed by atoms with Crippen LogP contribution in [-0.4, -0.2) is 4.98 Å².